The molecular weight excluding hydrogens is 382 g/mol. The number of hydrogen-bond acceptors (Lipinski definition) is 5. The van der Waals surface area contributed by atoms with E-state index in [0.29, 0.717) is 39.7 Å². The number of para-hydroxylation sites is 1. The molecular formula is C20H18ClN3O2S. The lowest BCUT2D eigenvalue weighted by molar-refractivity contribution is -0.122. The Hall–Kier alpha value is -2.57. The molecule has 1 aliphatic rings. The number of pyridine rings is 1. The zero-order chi connectivity index (χ0) is 19.2. The maximum Gasteiger partial charge on any atom is 0.266 e. The molecule has 0 saturated carbocycles. The van der Waals surface area contributed by atoms with E-state index in [-0.39, 0.29) is 5.91 Å². The van der Waals surface area contributed by atoms with E-state index in [9.17, 15) is 4.79 Å². The van der Waals surface area contributed by atoms with Crippen LogP contribution in [0.2, 0.25) is 5.02 Å². The summed E-state index contributed by atoms with van der Waals surface area (Å²) in [6, 6.07) is 9.28. The number of ether oxygens (including phenoxy) is 1. The summed E-state index contributed by atoms with van der Waals surface area (Å²) in [7, 11) is 0. The van der Waals surface area contributed by atoms with Gasteiger partial charge >= 0.3 is 0 Å². The molecule has 0 bridgehead atoms. The molecule has 0 radical (unpaired) electrons. The number of nitrogens with zero attached hydrogens (tertiary/aromatic N) is 3. The highest BCUT2D eigenvalue weighted by Gasteiger charge is 2.32. The minimum absolute atomic E-state index is 0.0926. The molecule has 0 spiro atoms. The highest BCUT2D eigenvalue weighted by atomic mass is 35.5. The molecule has 3 rings (SSSR count). The van der Waals surface area contributed by atoms with Crippen LogP contribution in [0, 0.1) is 0 Å². The van der Waals surface area contributed by atoms with Gasteiger partial charge in [-0.15, -0.1) is 0 Å². The van der Waals surface area contributed by atoms with Crippen LogP contribution in [0.4, 0.5) is 5.69 Å². The Balaban J connectivity index is 1.94. The molecule has 1 aromatic carbocycles. The second-order valence-corrected chi connectivity index (χ2v) is 6.94. The maximum absolute atomic E-state index is 12.8. The minimum atomic E-state index is -0.0926. The molecule has 7 heteroatoms. The zero-order valence-corrected chi connectivity index (χ0v) is 16.3. The third-order valence-electron chi connectivity index (χ3n) is 3.73. The van der Waals surface area contributed by atoms with Gasteiger partial charge in [0.15, 0.2) is 5.17 Å². The number of aromatic nitrogens is 1. The molecule has 1 aliphatic heterocycles. The van der Waals surface area contributed by atoms with Crippen LogP contribution in [0.5, 0.6) is 5.75 Å². The van der Waals surface area contributed by atoms with Gasteiger partial charge < -0.3 is 4.74 Å². The monoisotopic (exact) mass is 399 g/mol. The van der Waals surface area contributed by atoms with Crippen molar-refractivity contribution in [3.05, 3.63) is 70.9 Å². The van der Waals surface area contributed by atoms with Crippen LogP contribution < -0.4 is 4.74 Å². The van der Waals surface area contributed by atoms with E-state index in [1.165, 1.54) is 18.0 Å². The predicted octanol–water partition coefficient (Wildman–Crippen LogP) is 4.92. The van der Waals surface area contributed by atoms with E-state index < -0.39 is 0 Å². The lowest BCUT2D eigenvalue weighted by Crippen LogP contribution is -2.28. The van der Waals surface area contributed by atoms with Crippen molar-refractivity contribution in [3.63, 3.8) is 0 Å². The molecule has 0 unspecified atom stereocenters. The summed E-state index contributed by atoms with van der Waals surface area (Å²) in [5, 5.41) is 1.03. The lowest BCUT2D eigenvalue weighted by atomic mass is 10.2. The van der Waals surface area contributed by atoms with Gasteiger partial charge in [0.2, 0.25) is 0 Å². The molecule has 5 nitrogen and oxygen atoms in total. The average molecular weight is 400 g/mol. The summed E-state index contributed by atoms with van der Waals surface area (Å²) >= 11 is 7.46. The van der Waals surface area contributed by atoms with Crippen molar-refractivity contribution < 1.29 is 9.53 Å². The van der Waals surface area contributed by atoms with Crippen molar-refractivity contribution in [2.24, 2.45) is 4.99 Å². The summed E-state index contributed by atoms with van der Waals surface area (Å²) in [6.45, 7) is 6.48. The van der Waals surface area contributed by atoms with Gasteiger partial charge in [0.05, 0.1) is 15.6 Å². The van der Waals surface area contributed by atoms with Crippen LogP contribution in [-0.2, 0) is 4.79 Å². The van der Waals surface area contributed by atoms with Crippen LogP contribution in [0.15, 0.2) is 65.3 Å². The van der Waals surface area contributed by atoms with Gasteiger partial charge in [0, 0.05) is 24.5 Å². The number of halogens is 1. The molecule has 1 amide bonds. The Labute approximate surface area is 167 Å². The Bertz CT molecular complexity index is 927. The fourth-order valence-electron chi connectivity index (χ4n) is 2.45. The summed E-state index contributed by atoms with van der Waals surface area (Å²) in [6.07, 6.45) is 6.65. The smallest absolute Gasteiger partial charge is 0.266 e. The first-order chi connectivity index (χ1) is 13.1. The van der Waals surface area contributed by atoms with Gasteiger partial charge in [-0.3, -0.25) is 14.7 Å². The number of carbonyl (C=O) groups excluding carboxylic acids is 1. The molecule has 0 aliphatic carbocycles. The van der Waals surface area contributed by atoms with Crippen LogP contribution in [0.1, 0.15) is 12.5 Å². The third kappa shape index (κ3) is 4.40. The van der Waals surface area contributed by atoms with Crippen molar-refractivity contribution in [3.8, 4) is 5.75 Å². The number of amides is 1. The molecule has 27 heavy (non-hydrogen) atoms. The van der Waals surface area contributed by atoms with Crippen molar-refractivity contribution >= 4 is 46.2 Å². The maximum atomic E-state index is 12.8. The number of thioether (sulfide) groups is 1. The Morgan fingerprint density at radius 2 is 2.19 bits per heavy atom. The molecule has 1 aromatic heterocycles. The number of amidine groups is 1. The van der Waals surface area contributed by atoms with Gasteiger partial charge in [-0.1, -0.05) is 42.5 Å². The van der Waals surface area contributed by atoms with E-state index >= 15 is 0 Å². The van der Waals surface area contributed by atoms with E-state index in [4.69, 9.17) is 16.3 Å². The third-order valence-corrected chi connectivity index (χ3v) is 5.03. The fourth-order valence-corrected chi connectivity index (χ4v) is 3.66. The van der Waals surface area contributed by atoms with E-state index in [0.717, 1.165) is 5.56 Å². The van der Waals surface area contributed by atoms with Crippen LogP contribution in [-0.4, -0.2) is 34.1 Å². The minimum Gasteiger partial charge on any atom is -0.489 e. The second kappa shape index (κ2) is 8.88. The topological polar surface area (TPSA) is 54.8 Å². The van der Waals surface area contributed by atoms with Gasteiger partial charge in [-0.2, -0.15) is 0 Å². The number of benzene rings is 1. The molecule has 0 N–H and O–H groups in total. The number of rotatable bonds is 6. The normalized spacial score (nSPS) is 17.0. The molecule has 138 valence electrons. The molecule has 2 aromatic rings. The summed E-state index contributed by atoms with van der Waals surface area (Å²) in [5.74, 6) is 0.605. The Morgan fingerprint density at radius 1 is 1.37 bits per heavy atom. The molecule has 0 atom stereocenters. The number of carbonyl (C=O) groups is 1. The second-order valence-electron chi connectivity index (χ2n) is 5.52. The predicted molar refractivity (Wildman–Crippen MR) is 111 cm³/mol. The van der Waals surface area contributed by atoms with Crippen LogP contribution in [0.3, 0.4) is 0 Å². The van der Waals surface area contributed by atoms with Crippen LogP contribution >= 0.6 is 23.4 Å². The van der Waals surface area contributed by atoms with Gasteiger partial charge in [-0.25, -0.2) is 4.99 Å². The summed E-state index contributed by atoms with van der Waals surface area (Å²) < 4.78 is 5.67. The molecule has 1 saturated heterocycles. The average Bonchev–Trinajstić information content (AvgIpc) is 2.97. The van der Waals surface area contributed by atoms with Crippen molar-refractivity contribution in [2.45, 2.75) is 6.92 Å². The Kier molecular flexibility index (Phi) is 6.32. The summed E-state index contributed by atoms with van der Waals surface area (Å²) in [5.41, 5.74) is 1.41. The highest BCUT2D eigenvalue weighted by Crippen LogP contribution is 2.36. The fraction of sp³-hybridized carbons (Fsp3) is 0.150. The van der Waals surface area contributed by atoms with E-state index in [1.54, 1.807) is 23.2 Å². The number of hydrogen-bond donors (Lipinski definition) is 0. The van der Waals surface area contributed by atoms with Gasteiger partial charge in [-0.05, 0) is 36.9 Å². The van der Waals surface area contributed by atoms with Crippen LogP contribution in [0.25, 0.3) is 6.08 Å². The van der Waals surface area contributed by atoms with Gasteiger partial charge in [0.1, 0.15) is 12.4 Å². The number of likely N-dealkylation sites (N-methyl/N-ethyl adjacent to an activating group) is 1. The first-order valence-electron chi connectivity index (χ1n) is 8.36. The Morgan fingerprint density at radius 3 is 2.93 bits per heavy atom. The number of aliphatic imine (C=N–C) groups is 1. The van der Waals surface area contributed by atoms with Crippen molar-refractivity contribution in [2.75, 3.05) is 13.2 Å². The summed E-state index contributed by atoms with van der Waals surface area (Å²) in [4.78, 5) is 23.5. The molecule has 2 heterocycles. The first-order valence-corrected chi connectivity index (χ1v) is 9.55. The lowest BCUT2D eigenvalue weighted by Gasteiger charge is -2.12. The van der Waals surface area contributed by atoms with Crippen molar-refractivity contribution in [1.82, 2.24) is 9.88 Å². The quantitative estimate of drug-likeness (QED) is 0.510. The highest BCUT2D eigenvalue weighted by molar-refractivity contribution is 8.18. The first kappa shape index (κ1) is 19.2. The zero-order valence-electron chi connectivity index (χ0n) is 14.8. The molecule has 1 fully saturated rings. The van der Waals surface area contributed by atoms with Crippen molar-refractivity contribution in [1.29, 1.82) is 0 Å². The van der Waals surface area contributed by atoms with Gasteiger partial charge in [0.25, 0.3) is 5.91 Å². The largest absolute Gasteiger partial charge is 0.489 e. The van der Waals surface area contributed by atoms with E-state index in [2.05, 4.69) is 16.6 Å². The van der Waals surface area contributed by atoms with E-state index in [1.807, 2.05) is 37.3 Å². The SMILES string of the molecule is C=CCOc1ccccc1/C=C1\SC(=Nc2ccncc2Cl)N(CC)C1=O. The standard InChI is InChI=1S/C20H18ClN3O2S/c1-3-11-26-17-8-6-5-7-14(17)12-18-19(25)24(4-2)20(27-18)23-16-9-10-22-13-15(16)21/h3,5-10,12-13H,1,4,11H2,2H3/b18-12-,23-20?.